The van der Waals surface area contributed by atoms with Gasteiger partial charge in [0.25, 0.3) is 0 Å². The van der Waals surface area contributed by atoms with Gasteiger partial charge >= 0.3 is 11.8 Å². The van der Waals surface area contributed by atoms with Crippen LogP contribution >= 0.6 is 0 Å². The van der Waals surface area contributed by atoms with Crippen molar-refractivity contribution in [2.75, 3.05) is 32.1 Å². The number of hydrogen-bond acceptors (Lipinski definition) is 5. The summed E-state index contributed by atoms with van der Waals surface area (Å²) in [7, 11) is 1.66. The Morgan fingerprint density at radius 1 is 0.978 bits per heavy atom. The first-order chi connectivity index (χ1) is 21.7. The van der Waals surface area contributed by atoms with Crippen molar-refractivity contribution in [2.45, 2.75) is 46.0 Å². The number of halogens is 1. The summed E-state index contributed by atoms with van der Waals surface area (Å²) in [6.07, 6.45) is 6.68. The molecule has 45 heavy (non-hydrogen) atoms. The number of carbonyl (C=O) groups is 2. The lowest BCUT2D eigenvalue weighted by Crippen LogP contribution is -2.36. The molecule has 1 fully saturated rings. The SMILES string of the molecule is C=C(c1ccc(NC(=O)C(=O)NCCc2ccc(C)c(C)c2)cc1F)c1ccnc2cc(CCC3CCNCC3)c(OC)cc12. The highest BCUT2D eigenvalue weighted by atomic mass is 19.1. The van der Waals surface area contributed by atoms with Gasteiger partial charge in [-0.25, -0.2) is 4.39 Å². The minimum Gasteiger partial charge on any atom is -0.496 e. The van der Waals surface area contributed by atoms with Crippen LogP contribution in [0.15, 0.2) is 67.4 Å². The van der Waals surface area contributed by atoms with E-state index in [4.69, 9.17) is 4.74 Å². The Kier molecular flexibility index (Phi) is 10.2. The molecular weight excluding hydrogens is 567 g/mol. The largest absolute Gasteiger partial charge is 0.496 e. The van der Waals surface area contributed by atoms with Crippen LogP contribution in [0.3, 0.4) is 0 Å². The van der Waals surface area contributed by atoms with Crippen molar-refractivity contribution < 1.29 is 18.7 Å². The average molecular weight is 609 g/mol. The Labute approximate surface area is 264 Å². The summed E-state index contributed by atoms with van der Waals surface area (Å²) in [6, 6.07) is 16.3. The molecule has 0 spiro atoms. The Morgan fingerprint density at radius 2 is 1.78 bits per heavy atom. The van der Waals surface area contributed by atoms with Crippen LogP contribution in [0, 0.1) is 25.6 Å². The number of methoxy groups -OCH3 is 1. The molecule has 0 unspecified atom stereocenters. The smallest absolute Gasteiger partial charge is 0.313 e. The van der Waals surface area contributed by atoms with Gasteiger partial charge in [0.2, 0.25) is 0 Å². The minimum absolute atomic E-state index is 0.179. The summed E-state index contributed by atoms with van der Waals surface area (Å²) < 4.78 is 21.2. The van der Waals surface area contributed by atoms with Crippen LogP contribution < -0.4 is 20.7 Å². The third kappa shape index (κ3) is 7.75. The zero-order valence-corrected chi connectivity index (χ0v) is 26.3. The van der Waals surface area contributed by atoms with Crippen molar-refractivity contribution in [1.82, 2.24) is 15.6 Å². The lowest BCUT2D eigenvalue weighted by Gasteiger charge is -2.23. The number of carbonyl (C=O) groups excluding carboxylic acids is 2. The lowest BCUT2D eigenvalue weighted by atomic mass is 9.90. The number of nitrogens with one attached hydrogen (secondary N) is 3. The van der Waals surface area contributed by atoms with E-state index in [1.807, 2.05) is 38.1 Å². The molecular formula is C37H41FN4O3. The van der Waals surface area contributed by atoms with E-state index in [2.05, 4.69) is 39.6 Å². The Hall–Kier alpha value is -4.56. The van der Waals surface area contributed by atoms with E-state index >= 15 is 4.39 Å². The number of hydrogen-bond donors (Lipinski definition) is 3. The Morgan fingerprint density at radius 3 is 2.51 bits per heavy atom. The molecule has 0 bridgehead atoms. The van der Waals surface area contributed by atoms with E-state index in [1.54, 1.807) is 25.4 Å². The van der Waals surface area contributed by atoms with Crippen molar-refractivity contribution in [3.05, 3.63) is 107 Å². The second kappa shape index (κ2) is 14.5. The van der Waals surface area contributed by atoms with E-state index in [0.29, 0.717) is 24.5 Å². The Bertz CT molecular complexity index is 1730. The van der Waals surface area contributed by atoms with Gasteiger partial charge in [0.05, 0.1) is 12.6 Å². The molecule has 7 nitrogen and oxygen atoms in total. The number of aryl methyl sites for hydroxylation is 3. The molecule has 2 amide bonds. The van der Waals surface area contributed by atoms with Crippen molar-refractivity contribution in [3.63, 3.8) is 0 Å². The quantitative estimate of drug-likeness (QED) is 0.184. The standard InChI is InChI=1S/C37H41FN4O3/c1-23-5-6-27(19-24(23)2)13-17-41-36(43)37(44)42-29-9-10-31(33(38)21-29)25(3)30-14-18-40-34-20-28(35(45-4)22-32(30)34)8-7-26-11-15-39-16-12-26/h5-6,9-10,14,18-22,26,39H,3,7-8,11-13,15-17H2,1-2,4H3,(H,41,43)(H,42,44). The van der Waals surface area contributed by atoms with Crippen LogP contribution in [0.25, 0.3) is 16.5 Å². The maximum atomic E-state index is 15.4. The molecule has 1 aliphatic heterocycles. The van der Waals surface area contributed by atoms with Gasteiger partial charge in [-0.1, -0.05) is 24.8 Å². The van der Waals surface area contributed by atoms with Crippen molar-refractivity contribution in [2.24, 2.45) is 5.92 Å². The van der Waals surface area contributed by atoms with Gasteiger partial charge in [-0.2, -0.15) is 0 Å². The summed E-state index contributed by atoms with van der Waals surface area (Å²) >= 11 is 0. The molecule has 0 atom stereocenters. The highest BCUT2D eigenvalue weighted by Gasteiger charge is 2.19. The van der Waals surface area contributed by atoms with Gasteiger partial charge in [0, 0.05) is 29.4 Å². The molecule has 0 radical (unpaired) electrons. The van der Waals surface area contributed by atoms with E-state index in [0.717, 1.165) is 59.3 Å². The van der Waals surface area contributed by atoms with Crippen molar-refractivity contribution >= 4 is 34.0 Å². The number of benzene rings is 3. The summed E-state index contributed by atoms with van der Waals surface area (Å²) in [4.78, 5) is 29.5. The second-order valence-corrected chi connectivity index (χ2v) is 11.8. The molecule has 0 aliphatic carbocycles. The summed E-state index contributed by atoms with van der Waals surface area (Å²) in [6.45, 7) is 10.7. The number of pyridine rings is 1. The van der Waals surface area contributed by atoms with E-state index < -0.39 is 17.6 Å². The predicted molar refractivity (Wildman–Crippen MR) is 178 cm³/mol. The first kappa shape index (κ1) is 31.9. The molecule has 1 aromatic heterocycles. The van der Waals surface area contributed by atoms with Crippen LogP contribution in [-0.4, -0.2) is 43.5 Å². The Balaban J connectivity index is 1.24. The topological polar surface area (TPSA) is 92.4 Å². The number of anilines is 1. The van der Waals surface area contributed by atoms with Gasteiger partial charge in [0.15, 0.2) is 0 Å². The zero-order valence-electron chi connectivity index (χ0n) is 26.3. The lowest BCUT2D eigenvalue weighted by molar-refractivity contribution is -0.136. The van der Waals surface area contributed by atoms with Gasteiger partial charge in [-0.05, 0) is 135 Å². The van der Waals surface area contributed by atoms with Crippen LogP contribution in [0.1, 0.15) is 52.6 Å². The first-order valence-electron chi connectivity index (χ1n) is 15.5. The van der Waals surface area contributed by atoms with Crippen LogP contribution in [0.4, 0.5) is 10.1 Å². The molecule has 8 heteroatoms. The van der Waals surface area contributed by atoms with E-state index in [9.17, 15) is 9.59 Å². The minimum atomic E-state index is -0.857. The monoisotopic (exact) mass is 608 g/mol. The third-order valence-electron chi connectivity index (χ3n) is 8.78. The number of rotatable bonds is 10. The number of ether oxygens (including phenoxy) is 1. The van der Waals surface area contributed by atoms with E-state index in [-0.39, 0.29) is 11.3 Å². The van der Waals surface area contributed by atoms with Crippen molar-refractivity contribution in [1.29, 1.82) is 0 Å². The van der Waals surface area contributed by atoms with Gasteiger partial charge in [-0.15, -0.1) is 0 Å². The zero-order chi connectivity index (χ0) is 31.9. The van der Waals surface area contributed by atoms with Crippen LogP contribution in [0.5, 0.6) is 5.75 Å². The molecule has 234 valence electrons. The summed E-state index contributed by atoms with van der Waals surface area (Å²) in [5.74, 6) is -0.721. The van der Waals surface area contributed by atoms with Crippen LogP contribution in [-0.2, 0) is 22.4 Å². The second-order valence-electron chi connectivity index (χ2n) is 11.8. The molecule has 3 aromatic carbocycles. The summed E-state index contributed by atoms with van der Waals surface area (Å²) in [5.41, 5.74) is 7.03. The van der Waals surface area contributed by atoms with Gasteiger partial charge in [-0.3, -0.25) is 14.6 Å². The van der Waals surface area contributed by atoms with Gasteiger partial charge < -0.3 is 20.7 Å². The fourth-order valence-electron chi connectivity index (χ4n) is 5.92. The molecule has 1 saturated heterocycles. The fraction of sp³-hybridized carbons (Fsp3) is 0.324. The van der Waals surface area contributed by atoms with Crippen LogP contribution in [0.2, 0.25) is 0 Å². The predicted octanol–water partition coefficient (Wildman–Crippen LogP) is 6.29. The molecule has 1 aliphatic rings. The average Bonchev–Trinajstić information content (AvgIpc) is 3.04. The molecule has 2 heterocycles. The third-order valence-corrected chi connectivity index (χ3v) is 8.78. The number of nitrogens with zero attached hydrogens (tertiary/aromatic N) is 1. The van der Waals surface area contributed by atoms with E-state index in [1.165, 1.54) is 30.0 Å². The normalized spacial score (nSPS) is 13.4. The molecule has 5 rings (SSSR count). The number of fused-ring (bicyclic) bond motifs is 1. The summed E-state index contributed by atoms with van der Waals surface area (Å²) in [5, 5.41) is 9.36. The maximum absolute atomic E-state index is 15.4. The molecule has 0 saturated carbocycles. The maximum Gasteiger partial charge on any atom is 0.313 e. The molecule has 4 aromatic rings. The number of aromatic nitrogens is 1. The van der Waals surface area contributed by atoms with Gasteiger partial charge in [0.1, 0.15) is 11.6 Å². The highest BCUT2D eigenvalue weighted by Crippen LogP contribution is 2.35. The number of piperidine rings is 1. The van der Waals surface area contributed by atoms with Crippen molar-refractivity contribution in [3.8, 4) is 5.75 Å². The number of amides is 2. The highest BCUT2D eigenvalue weighted by molar-refractivity contribution is 6.39. The molecule has 3 N–H and O–H groups in total. The first-order valence-corrected chi connectivity index (χ1v) is 15.5. The fourth-order valence-corrected chi connectivity index (χ4v) is 5.92.